The fraction of sp³-hybridized carbons (Fsp3) is 0.189. The summed E-state index contributed by atoms with van der Waals surface area (Å²) in [5.41, 5.74) is 6.53. The topological polar surface area (TPSA) is 0 Å². The summed E-state index contributed by atoms with van der Waals surface area (Å²) in [4.78, 5) is 0. The van der Waals surface area contributed by atoms with Crippen molar-refractivity contribution in [3.8, 4) is 22.3 Å². The second kappa shape index (κ2) is 19.0. The van der Waals surface area contributed by atoms with Crippen LogP contribution >= 0.6 is 17.2 Å². The molecule has 320 valence electrons. The Morgan fingerprint density at radius 3 is 1.16 bits per heavy atom. The third-order valence-corrected chi connectivity index (χ3v) is 17.0. The summed E-state index contributed by atoms with van der Waals surface area (Å²) in [6.45, 7) is 13.9. The van der Waals surface area contributed by atoms with Gasteiger partial charge in [0.25, 0.3) is 0 Å². The number of halogens is 8. The van der Waals surface area contributed by atoms with Gasteiger partial charge in [0.15, 0.2) is 0 Å². The first-order chi connectivity index (χ1) is 29.1. The van der Waals surface area contributed by atoms with E-state index in [-0.39, 0.29) is 25.2 Å². The molecule has 8 aromatic rings. The van der Waals surface area contributed by atoms with Crippen molar-refractivity contribution in [2.24, 2.45) is 0 Å². The molecular weight excluding hydrogens is 1000 g/mol. The molecule has 0 aliphatic rings. The van der Waals surface area contributed by atoms with Crippen LogP contribution < -0.4 is 0 Å². The van der Waals surface area contributed by atoms with E-state index in [0.29, 0.717) is 0 Å². The van der Waals surface area contributed by atoms with Gasteiger partial charge in [-0.05, 0) is 44.2 Å². The zero-order chi connectivity index (χ0) is 45.0. The van der Waals surface area contributed by atoms with Crippen molar-refractivity contribution in [1.82, 2.24) is 0 Å². The summed E-state index contributed by atoms with van der Waals surface area (Å²) in [7, 11) is 12.0. The van der Waals surface area contributed by atoms with Gasteiger partial charge in [0, 0.05) is 0 Å². The third-order valence-electron chi connectivity index (χ3n) is 10.5. The Morgan fingerprint density at radius 1 is 0.468 bits per heavy atom. The number of fused-ring (bicyclic) bond motifs is 3. The Bertz CT molecular complexity index is 2590. The third kappa shape index (κ3) is 11.3. The SMILES string of the molecule is CC(C)(C)c1cc2c(cc1-c1ccccc1)[cH-]c1cc(-c3ccccc3)c(C(C)(C)C)cc12.FC(F)(F)c1cccc([C](c2cccc(C(F)(F)F)c2)=[Hf]([Cl])[Cl])c1.c1cc[cH-]c1. The minimum atomic E-state index is -4.57. The number of benzene rings is 6. The Kier molecular flexibility index (Phi) is 14.4. The van der Waals surface area contributed by atoms with Gasteiger partial charge in [-0.25, -0.2) is 12.1 Å². The average Bonchev–Trinajstić information content (AvgIpc) is 3.92. The van der Waals surface area contributed by atoms with Crippen LogP contribution in [0.15, 0.2) is 170 Å². The van der Waals surface area contributed by atoms with Crippen LogP contribution in [0, 0.1) is 0 Å². The molecule has 0 nitrogen and oxygen atoms in total. The molecule has 62 heavy (non-hydrogen) atoms. The predicted molar refractivity (Wildman–Crippen MR) is 245 cm³/mol. The number of hydrogen-bond acceptors (Lipinski definition) is 0. The second-order valence-electron chi connectivity index (χ2n) is 17.1. The zero-order valence-electron chi connectivity index (χ0n) is 35.2. The molecule has 8 rings (SSSR count). The smallest absolute Gasteiger partial charge is 0.172 e. The number of rotatable bonds is 4. The fourth-order valence-corrected chi connectivity index (χ4v) is 13.7. The first-order valence-electron chi connectivity index (χ1n) is 20.0. The summed E-state index contributed by atoms with van der Waals surface area (Å²) < 4.78 is 77.3. The molecule has 0 radical (unpaired) electrons. The normalized spacial score (nSPS) is 12.0. The van der Waals surface area contributed by atoms with E-state index >= 15 is 0 Å². The standard InChI is InChI=1S/C33H33.C15H8F6.C5H5.2ClH.Hf/c1-32(2,3)30-20-26-24(18-28(30)22-13-9-7-10-14-22)17-25-19-29(23-15-11-8-12-16-23)31(21-27(25)26)33(4,5)6;16-14(17,18)12-5-1-3-10(8-12)7-11-4-2-6-13(9-11)15(19,20)21;1-2-4-5-3-1;;;/h7-21H,1-6H3;1-6,8-9H;1-5H;2*1H;/q-1;;-1;;;+2/p-2. The van der Waals surface area contributed by atoms with Crippen molar-refractivity contribution < 1.29 is 44.9 Å². The molecular formula is C53H46Cl2F6Hf-2. The van der Waals surface area contributed by atoms with Crippen molar-refractivity contribution in [2.75, 3.05) is 0 Å². The molecule has 0 saturated carbocycles. The molecule has 0 heterocycles. The summed E-state index contributed by atoms with van der Waals surface area (Å²) in [6.07, 6.45) is -9.14. The molecule has 0 aromatic heterocycles. The van der Waals surface area contributed by atoms with Crippen LogP contribution in [-0.4, -0.2) is 3.26 Å². The van der Waals surface area contributed by atoms with Gasteiger partial charge in [-0.15, -0.1) is 39.7 Å². The van der Waals surface area contributed by atoms with Crippen molar-refractivity contribution >= 4 is 42.0 Å². The van der Waals surface area contributed by atoms with Gasteiger partial charge in [-0.3, -0.25) is 0 Å². The van der Waals surface area contributed by atoms with Crippen molar-refractivity contribution in [1.29, 1.82) is 0 Å². The maximum Gasteiger partial charge on any atom is -0.172 e. The number of hydrogen-bond donors (Lipinski definition) is 0. The van der Waals surface area contributed by atoms with E-state index in [0.717, 1.165) is 24.3 Å². The van der Waals surface area contributed by atoms with E-state index in [1.807, 2.05) is 30.3 Å². The van der Waals surface area contributed by atoms with Crippen molar-refractivity contribution in [3.63, 3.8) is 0 Å². The molecule has 0 saturated heterocycles. The van der Waals surface area contributed by atoms with Gasteiger partial charge >= 0.3 is 148 Å². The van der Waals surface area contributed by atoms with E-state index in [2.05, 4.69) is 133 Å². The Hall–Kier alpha value is -4.56. The minimum Gasteiger partial charge on any atom is -0.214 e. The first-order valence-corrected chi connectivity index (χ1v) is 30.7. The van der Waals surface area contributed by atoms with Crippen LogP contribution in [-0.2, 0) is 41.8 Å². The zero-order valence-corrected chi connectivity index (χ0v) is 40.3. The maximum atomic E-state index is 12.8. The molecule has 0 amide bonds. The first kappa shape index (κ1) is 46.9. The van der Waals surface area contributed by atoms with Gasteiger partial charge in [-0.2, -0.15) is 18.2 Å². The predicted octanol–water partition coefficient (Wildman–Crippen LogP) is 17.3. The van der Waals surface area contributed by atoms with Gasteiger partial charge in [0.2, 0.25) is 0 Å². The largest absolute Gasteiger partial charge is 0.214 e. The van der Waals surface area contributed by atoms with E-state index < -0.39 is 42.1 Å². The van der Waals surface area contributed by atoms with E-state index in [9.17, 15) is 26.3 Å². The summed E-state index contributed by atoms with van der Waals surface area (Å²) in [5.74, 6) is 0. The van der Waals surface area contributed by atoms with Gasteiger partial charge in [-0.1, -0.05) is 114 Å². The van der Waals surface area contributed by atoms with Crippen LogP contribution in [0.2, 0.25) is 0 Å². The van der Waals surface area contributed by atoms with Gasteiger partial charge in [0.05, 0.1) is 0 Å². The molecule has 0 fully saturated rings. The fourth-order valence-electron chi connectivity index (χ4n) is 7.47. The molecule has 9 heteroatoms. The molecule has 0 N–H and O–H groups in total. The van der Waals surface area contributed by atoms with E-state index in [1.54, 1.807) is 0 Å². The van der Waals surface area contributed by atoms with Crippen molar-refractivity contribution in [3.05, 3.63) is 203 Å². The van der Waals surface area contributed by atoms with E-state index in [4.69, 9.17) is 17.2 Å². The second-order valence-corrected chi connectivity index (χ2v) is 28.5. The number of alkyl halides is 6. The Morgan fingerprint density at radius 2 is 0.855 bits per heavy atom. The molecule has 0 unspecified atom stereocenters. The molecule has 0 bridgehead atoms. The summed E-state index contributed by atoms with van der Waals surface area (Å²) in [5, 5.41) is 5.36. The Balaban J connectivity index is 0.000000193. The van der Waals surface area contributed by atoms with Crippen molar-refractivity contribution in [2.45, 2.75) is 64.7 Å². The molecule has 0 aliphatic carbocycles. The quantitative estimate of drug-likeness (QED) is 0.0936. The Labute approximate surface area is 374 Å². The van der Waals surface area contributed by atoms with Crippen LogP contribution in [0.5, 0.6) is 0 Å². The monoisotopic (exact) mass is 1050 g/mol. The van der Waals surface area contributed by atoms with Gasteiger partial charge < -0.3 is 0 Å². The molecule has 0 spiro atoms. The minimum absolute atomic E-state index is 0.0554. The molecule has 0 aliphatic heterocycles. The van der Waals surface area contributed by atoms with Crippen LogP contribution in [0.25, 0.3) is 43.8 Å². The average molecular weight is 1050 g/mol. The van der Waals surface area contributed by atoms with Crippen LogP contribution in [0.4, 0.5) is 26.3 Å². The summed E-state index contributed by atoms with van der Waals surface area (Å²) in [6, 6.07) is 52.3. The van der Waals surface area contributed by atoms with Crippen LogP contribution in [0.1, 0.15) is 74.9 Å². The summed E-state index contributed by atoms with van der Waals surface area (Å²) >= 11 is -3.54. The molecule has 0 atom stereocenters. The maximum absolute atomic E-state index is 12.8. The van der Waals surface area contributed by atoms with Gasteiger partial charge in [0.1, 0.15) is 0 Å². The molecule has 8 aromatic carbocycles. The van der Waals surface area contributed by atoms with Crippen LogP contribution in [0.3, 0.4) is 0 Å². The van der Waals surface area contributed by atoms with E-state index in [1.165, 1.54) is 79.2 Å².